The van der Waals surface area contributed by atoms with Gasteiger partial charge in [-0.15, -0.1) is 0 Å². The Morgan fingerprint density at radius 3 is 2.92 bits per heavy atom. The van der Waals surface area contributed by atoms with Crippen LogP contribution in [0.3, 0.4) is 0 Å². The summed E-state index contributed by atoms with van der Waals surface area (Å²) in [6, 6.07) is 3.48. The van der Waals surface area contributed by atoms with Crippen LogP contribution in [0.1, 0.15) is 53.7 Å². The molecule has 1 saturated heterocycles. The monoisotopic (exact) mass is 328 g/mol. The summed E-state index contributed by atoms with van der Waals surface area (Å²) in [5, 5.41) is 3.99. The van der Waals surface area contributed by atoms with Crippen LogP contribution in [-0.4, -0.2) is 45.1 Å². The molecule has 0 spiro atoms. The van der Waals surface area contributed by atoms with Crippen molar-refractivity contribution in [3.63, 3.8) is 0 Å². The van der Waals surface area contributed by atoms with Crippen LogP contribution in [0.4, 0.5) is 0 Å². The zero-order valence-corrected chi connectivity index (χ0v) is 13.4. The molecule has 0 radical (unpaired) electrons. The molecule has 0 aromatic carbocycles. The molecule has 2 aliphatic rings. The molecule has 3 heterocycles. The number of hydrogen-bond donors (Lipinski definition) is 0. The van der Waals surface area contributed by atoms with Crippen LogP contribution in [-0.2, 0) is 11.3 Å². The lowest BCUT2D eigenvalue weighted by molar-refractivity contribution is -0.0153. The van der Waals surface area contributed by atoms with Gasteiger partial charge in [0.2, 0.25) is 0 Å². The largest absolute Gasteiger partial charge is 0.367 e. The van der Waals surface area contributed by atoms with Crippen LogP contribution in [0.2, 0.25) is 0 Å². The Morgan fingerprint density at radius 1 is 1.29 bits per heavy atom. The lowest BCUT2D eigenvalue weighted by Crippen LogP contribution is -2.43. The molecule has 2 aromatic rings. The first-order valence-electron chi connectivity index (χ1n) is 8.43. The second-order valence-electron chi connectivity index (χ2n) is 6.38. The standard InChI is InChI=1S/C17H20N4O3/c22-17(13-5-7-18-8-6-13)21-9-1-2-14(10-21)23-11-15-19-16(20-24-15)12-3-4-12/h5-8,12,14H,1-4,9-11H2/t14-/m0/s1. The smallest absolute Gasteiger partial charge is 0.254 e. The van der Waals surface area contributed by atoms with E-state index in [1.54, 1.807) is 24.5 Å². The minimum Gasteiger partial charge on any atom is -0.367 e. The van der Waals surface area contributed by atoms with Crippen molar-refractivity contribution in [2.24, 2.45) is 0 Å². The van der Waals surface area contributed by atoms with Gasteiger partial charge >= 0.3 is 0 Å². The molecular weight excluding hydrogens is 308 g/mol. The van der Waals surface area contributed by atoms with Gasteiger partial charge in [-0.25, -0.2) is 0 Å². The first-order valence-corrected chi connectivity index (χ1v) is 8.43. The van der Waals surface area contributed by atoms with E-state index < -0.39 is 0 Å². The van der Waals surface area contributed by atoms with Crippen molar-refractivity contribution in [3.05, 3.63) is 41.8 Å². The van der Waals surface area contributed by atoms with Crippen molar-refractivity contribution in [1.82, 2.24) is 20.0 Å². The van der Waals surface area contributed by atoms with Crippen LogP contribution < -0.4 is 0 Å². The van der Waals surface area contributed by atoms with E-state index in [2.05, 4.69) is 15.1 Å². The molecule has 2 aromatic heterocycles. The normalized spacial score (nSPS) is 21.0. The Hall–Kier alpha value is -2.28. The van der Waals surface area contributed by atoms with Crippen LogP contribution in [0.25, 0.3) is 0 Å². The van der Waals surface area contributed by atoms with Gasteiger partial charge in [0.05, 0.1) is 6.10 Å². The van der Waals surface area contributed by atoms with Crippen LogP contribution >= 0.6 is 0 Å². The van der Waals surface area contributed by atoms with Crippen molar-refractivity contribution in [1.29, 1.82) is 0 Å². The predicted octanol–water partition coefficient (Wildman–Crippen LogP) is 2.16. The lowest BCUT2D eigenvalue weighted by atomic mass is 10.1. The molecule has 4 rings (SSSR count). The van der Waals surface area contributed by atoms with Gasteiger partial charge in [-0.2, -0.15) is 4.98 Å². The molecule has 24 heavy (non-hydrogen) atoms. The number of rotatable bonds is 5. The number of ether oxygens (including phenoxy) is 1. The van der Waals surface area contributed by atoms with Gasteiger partial charge < -0.3 is 14.2 Å². The number of pyridine rings is 1. The van der Waals surface area contributed by atoms with Crippen molar-refractivity contribution in [2.45, 2.75) is 44.3 Å². The molecule has 2 fully saturated rings. The van der Waals surface area contributed by atoms with Gasteiger partial charge in [-0.1, -0.05) is 5.16 Å². The molecule has 0 N–H and O–H groups in total. The Morgan fingerprint density at radius 2 is 2.12 bits per heavy atom. The summed E-state index contributed by atoms with van der Waals surface area (Å²) in [5.74, 6) is 1.83. The molecule has 7 nitrogen and oxygen atoms in total. The third-order valence-electron chi connectivity index (χ3n) is 4.46. The Balaban J connectivity index is 1.32. The topological polar surface area (TPSA) is 81.4 Å². The number of carbonyl (C=O) groups is 1. The summed E-state index contributed by atoms with van der Waals surface area (Å²) in [5.41, 5.74) is 0.664. The summed E-state index contributed by atoms with van der Waals surface area (Å²) in [4.78, 5) is 22.7. The van der Waals surface area contributed by atoms with Crippen LogP contribution in [0, 0.1) is 0 Å². The van der Waals surface area contributed by atoms with E-state index in [9.17, 15) is 4.79 Å². The number of carbonyl (C=O) groups excluding carboxylic acids is 1. The highest BCUT2D eigenvalue weighted by Crippen LogP contribution is 2.38. The SMILES string of the molecule is O=C(c1ccncc1)N1CCC[C@H](OCc2nc(C3CC3)no2)C1. The summed E-state index contributed by atoms with van der Waals surface area (Å²) in [7, 11) is 0. The maximum absolute atomic E-state index is 12.5. The first-order chi connectivity index (χ1) is 11.8. The zero-order chi connectivity index (χ0) is 16.4. The molecule has 1 amide bonds. The number of piperidine rings is 1. The average molecular weight is 328 g/mol. The Kier molecular flexibility index (Phi) is 4.25. The molecule has 1 aliphatic carbocycles. The van der Waals surface area contributed by atoms with Crippen molar-refractivity contribution < 1.29 is 14.1 Å². The Bertz CT molecular complexity index is 699. The van der Waals surface area contributed by atoms with E-state index in [-0.39, 0.29) is 12.0 Å². The molecule has 1 saturated carbocycles. The maximum atomic E-state index is 12.5. The summed E-state index contributed by atoms with van der Waals surface area (Å²) in [6.07, 6.45) is 7.43. The van der Waals surface area contributed by atoms with E-state index in [1.807, 2.05) is 4.90 Å². The summed E-state index contributed by atoms with van der Waals surface area (Å²) < 4.78 is 11.1. The molecule has 0 unspecified atom stereocenters. The van der Waals surface area contributed by atoms with E-state index in [0.717, 1.165) is 38.1 Å². The van der Waals surface area contributed by atoms with Gasteiger partial charge in [0.15, 0.2) is 5.82 Å². The summed E-state index contributed by atoms with van der Waals surface area (Å²) >= 11 is 0. The predicted molar refractivity (Wildman–Crippen MR) is 84.2 cm³/mol. The lowest BCUT2D eigenvalue weighted by Gasteiger charge is -2.32. The zero-order valence-electron chi connectivity index (χ0n) is 13.4. The first kappa shape index (κ1) is 15.3. The molecule has 7 heteroatoms. The van der Waals surface area contributed by atoms with Gasteiger partial charge in [0, 0.05) is 37.0 Å². The maximum Gasteiger partial charge on any atom is 0.254 e. The van der Waals surface area contributed by atoms with Crippen molar-refractivity contribution in [3.8, 4) is 0 Å². The number of hydrogen-bond acceptors (Lipinski definition) is 6. The van der Waals surface area contributed by atoms with Crippen LogP contribution in [0.5, 0.6) is 0 Å². The number of likely N-dealkylation sites (tertiary alicyclic amines) is 1. The van der Waals surface area contributed by atoms with Crippen molar-refractivity contribution >= 4 is 5.91 Å². The van der Waals surface area contributed by atoms with E-state index in [1.165, 1.54) is 0 Å². The second kappa shape index (κ2) is 6.68. The van der Waals surface area contributed by atoms with Crippen molar-refractivity contribution in [2.75, 3.05) is 13.1 Å². The number of nitrogens with zero attached hydrogens (tertiary/aromatic N) is 4. The average Bonchev–Trinajstić information content (AvgIpc) is 3.39. The van der Waals surface area contributed by atoms with E-state index in [4.69, 9.17) is 9.26 Å². The minimum atomic E-state index is 0.000752. The highest BCUT2D eigenvalue weighted by Gasteiger charge is 2.29. The van der Waals surface area contributed by atoms with Gasteiger partial charge in [-0.05, 0) is 37.8 Å². The highest BCUT2D eigenvalue weighted by molar-refractivity contribution is 5.94. The fourth-order valence-corrected chi connectivity index (χ4v) is 2.96. The summed E-state index contributed by atoms with van der Waals surface area (Å²) in [6.45, 7) is 1.65. The van der Waals surface area contributed by atoms with Gasteiger partial charge in [-0.3, -0.25) is 9.78 Å². The molecule has 126 valence electrons. The third kappa shape index (κ3) is 3.46. The number of amides is 1. The Labute approximate surface area is 140 Å². The number of aromatic nitrogens is 3. The van der Waals surface area contributed by atoms with Crippen LogP contribution in [0.15, 0.2) is 29.0 Å². The molecule has 1 aliphatic heterocycles. The van der Waals surface area contributed by atoms with Gasteiger partial charge in [0.1, 0.15) is 6.61 Å². The van der Waals surface area contributed by atoms with Gasteiger partial charge in [0.25, 0.3) is 11.8 Å². The fourth-order valence-electron chi connectivity index (χ4n) is 2.96. The minimum absolute atomic E-state index is 0.000752. The third-order valence-corrected chi connectivity index (χ3v) is 4.46. The van der Waals surface area contributed by atoms with E-state index >= 15 is 0 Å². The molecule has 0 bridgehead atoms. The second-order valence-corrected chi connectivity index (χ2v) is 6.38. The fraction of sp³-hybridized carbons (Fsp3) is 0.529. The van der Waals surface area contributed by atoms with E-state index in [0.29, 0.717) is 30.5 Å². The molecular formula is C17H20N4O3. The highest BCUT2D eigenvalue weighted by atomic mass is 16.5. The molecule has 1 atom stereocenters. The quantitative estimate of drug-likeness (QED) is 0.836.